The zero-order chi connectivity index (χ0) is 23.3. The number of amides is 1. The van der Waals surface area contributed by atoms with Gasteiger partial charge in [0, 0.05) is 7.05 Å². The lowest BCUT2D eigenvalue weighted by atomic mass is 10.1. The quantitative estimate of drug-likeness (QED) is 0.360. The van der Waals surface area contributed by atoms with Crippen LogP contribution in [0, 0.1) is 3.57 Å². The van der Waals surface area contributed by atoms with Crippen molar-refractivity contribution in [1.82, 2.24) is 4.90 Å². The summed E-state index contributed by atoms with van der Waals surface area (Å²) in [5.41, 5.74) is 2.72. The first-order chi connectivity index (χ1) is 15.3. The zero-order valence-electron chi connectivity index (χ0n) is 17.9. The summed E-state index contributed by atoms with van der Waals surface area (Å²) in [6.07, 6.45) is 2.64. The van der Waals surface area contributed by atoms with Gasteiger partial charge in [-0.05, 0) is 83.1 Å². The van der Waals surface area contributed by atoms with Crippen LogP contribution in [0.15, 0.2) is 46.3 Å². The second kappa shape index (κ2) is 10.9. The molecule has 0 atom stereocenters. The van der Waals surface area contributed by atoms with Gasteiger partial charge in [0.25, 0.3) is 5.91 Å². The molecule has 0 bridgehead atoms. The molecule has 9 heteroatoms. The second-order valence-electron chi connectivity index (χ2n) is 6.80. The van der Waals surface area contributed by atoms with Crippen LogP contribution in [0.2, 0.25) is 0 Å². The number of ether oxygens (including phenoxy) is 2. The van der Waals surface area contributed by atoms with E-state index in [-0.39, 0.29) is 5.91 Å². The van der Waals surface area contributed by atoms with Crippen LogP contribution in [-0.4, -0.2) is 47.3 Å². The van der Waals surface area contributed by atoms with Gasteiger partial charge in [-0.25, -0.2) is 9.79 Å². The average Bonchev–Trinajstić information content (AvgIpc) is 3.01. The maximum Gasteiger partial charge on any atom is 0.341 e. The number of aliphatic imine (C=N–C) groups is 1. The molecule has 1 aliphatic rings. The molecule has 1 fully saturated rings. The highest BCUT2D eigenvalue weighted by Crippen LogP contribution is 2.38. The van der Waals surface area contributed by atoms with Crippen LogP contribution >= 0.6 is 34.4 Å². The number of nitrogens with zero attached hydrogens (tertiary/aromatic N) is 2. The lowest BCUT2D eigenvalue weighted by Gasteiger charge is -2.13. The molecule has 1 amide bonds. The summed E-state index contributed by atoms with van der Waals surface area (Å²) in [4.78, 5) is 30.5. The largest absolute Gasteiger partial charge is 0.490 e. The number of hydrogen-bond acceptors (Lipinski definition) is 6. The Bertz CT molecular complexity index is 1100. The minimum absolute atomic E-state index is 0.137. The Kier molecular flexibility index (Phi) is 8.19. The number of carboxylic acid groups (broad SMARTS) is 1. The summed E-state index contributed by atoms with van der Waals surface area (Å²) in [5, 5.41) is 9.53. The molecule has 0 aromatic heterocycles. The summed E-state index contributed by atoms with van der Waals surface area (Å²) in [5.74, 6) is -0.399. The van der Waals surface area contributed by atoms with E-state index in [9.17, 15) is 9.59 Å². The van der Waals surface area contributed by atoms with Gasteiger partial charge < -0.3 is 14.6 Å². The van der Waals surface area contributed by atoms with E-state index in [0.717, 1.165) is 23.2 Å². The van der Waals surface area contributed by atoms with E-state index in [1.165, 1.54) is 11.8 Å². The molecule has 0 unspecified atom stereocenters. The van der Waals surface area contributed by atoms with E-state index >= 15 is 0 Å². The molecule has 1 heterocycles. The van der Waals surface area contributed by atoms with Crippen LogP contribution in [0.1, 0.15) is 25.0 Å². The third-order valence-electron chi connectivity index (χ3n) is 4.56. The van der Waals surface area contributed by atoms with Gasteiger partial charge in [-0.15, -0.1) is 0 Å². The van der Waals surface area contributed by atoms with Crippen molar-refractivity contribution in [3.63, 3.8) is 0 Å². The lowest BCUT2D eigenvalue weighted by Crippen LogP contribution is -2.23. The molecule has 1 aliphatic heterocycles. The van der Waals surface area contributed by atoms with E-state index in [0.29, 0.717) is 31.7 Å². The minimum atomic E-state index is -1.07. The van der Waals surface area contributed by atoms with Gasteiger partial charge in [0.1, 0.15) is 0 Å². The molecule has 1 saturated heterocycles. The van der Waals surface area contributed by atoms with E-state index in [2.05, 4.69) is 29.5 Å². The van der Waals surface area contributed by atoms with Crippen molar-refractivity contribution in [1.29, 1.82) is 0 Å². The van der Waals surface area contributed by atoms with Crippen LogP contribution in [0.3, 0.4) is 0 Å². The molecular weight excluding hydrogens is 543 g/mol. The molecular formula is C23H23IN2O5S. The van der Waals surface area contributed by atoms with Crippen LogP contribution < -0.4 is 9.47 Å². The van der Waals surface area contributed by atoms with Gasteiger partial charge in [0.15, 0.2) is 23.3 Å². The number of aryl methyl sites for hydroxylation is 1. The lowest BCUT2D eigenvalue weighted by molar-refractivity contribution is -0.139. The third kappa shape index (κ3) is 5.63. The zero-order valence-corrected chi connectivity index (χ0v) is 20.9. The number of para-hydroxylation sites is 1. The van der Waals surface area contributed by atoms with Gasteiger partial charge in [-0.3, -0.25) is 9.69 Å². The number of halogens is 1. The normalized spacial score (nSPS) is 16.1. The summed E-state index contributed by atoms with van der Waals surface area (Å²) in [6, 6.07) is 11.4. The fourth-order valence-electron chi connectivity index (χ4n) is 3.03. The molecule has 7 nitrogen and oxygen atoms in total. The number of carbonyl (C=O) groups excluding carboxylic acids is 1. The predicted molar refractivity (Wildman–Crippen MR) is 135 cm³/mol. The van der Waals surface area contributed by atoms with Crippen molar-refractivity contribution in [2.45, 2.75) is 20.3 Å². The molecule has 168 valence electrons. The third-order valence-corrected chi connectivity index (χ3v) is 6.42. The maximum absolute atomic E-state index is 12.8. The van der Waals surface area contributed by atoms with Gasteiger partial charge >= 0.3 is 5.97 Å². The smallest absolute Gasteiger partial charge is 0.341 e. The van der Waals surface area contributed by atoms with Gasteiger partial charge in [-0.1, -0.05) is 25.1 Å². The van der Waals surface area contributed by atoms with Crippen molar-refractivity contribution in [2.75, 3.05) is 20.3 Å². The van der Waals surface area contributed by atoms with Gasteiger partial charge in [-0.2, -0.15) is 0 Å². The molecule has 0 saturated carbocycles. The predicted octanol–water partition coefficient (Wildman–Crippen LogP) is 4.95. The van der Waals surface area contributed by atoms with E-state index in [1.54, 1.807) is 24.1 Å². The molecule has 0 radical (unpaired) electrons. The first kappa shape index (κ1) is 24.1. The molecule has 2 aromatic carbocycles. The number of carbonyl (C=O) groups is 2. The number of rotatable bonds is 8. The topological polar surface area (TPSA) is 88.4 Å². The van der Waals surface area contributed by atoms with Crippen molar-refractivity contribution >= 4 is 63.2 Å². The van der Waals surface area contributed by atoms with Crippen molar-refractivity contribution in [3.05, 3.63) is 56.0 Å². The Morgan fingerprint density at radius 2 is 2.00 bits per heavy atom. The Morgan fingerprint density at radius 1 is 1.25 bits per heavy atom. The van der Waals surface area contributed by atoms with Crippen molar-refractivity contribution < 1.29 is 24.2 Å². The van der Waals surface area contributed by atoms with Crippen LogP contribution in [0.5, 0.6) is 11.5 Å². The maximum atomic E-state index is 12.8. The number of thioether (sulfide) groups is 1. The molecule has 1 N–H and O–H groups in total. The van der Waals surface area contributed by atoms with Gasteiger partial charge in [0.2, 0.25) is 0 Å². The SMILES string of the molecule is CCOc1cc(/C=C2/SC(=Nc3ccccc3CC)N(C)C2=O)cc(I)c1OCC(=O)O. The molecule has 0 spiro atoms. The number of likely N-dealkylation sites (N-methyl/N-ethyl adjacent to an activating group) is 1. The number of hydrogen-bond donors (Lipinski definition) is 1. The fourth-order valence-corrected chi connectivity index (χ4v) is 4.79. The minimum Gasteiger partial charge on any atom is -0.490 e. The van der Waals surface area contributed by atoms with E-state index in [4.69, 9.17) is 19.6 Å². The monoisotopic (exact) mass is 566 g/mol. The van der Waals surface area contributed by atoms with E-state index < -0.39 is 12.6 Å². The standard InChI is InChI=1S/C23H23IN2O5S/c1-4-15-8-6-7-9-17(15)25-23-26(3)22(29)19(32-23)12-14-10-16(24)21(31-13-20(27)28)18(11-14)30-5-2/h6-12H,4-5,13H2,1-3H3,(H,27,28)/b19-12+,25-23?. The van der Waals surface area contributed by atoms with Crippen molar-refractivity contribution in [2.24, 2.45) is 4.99 Å². The Balaban J connectivity index is 1.93. The number of aliphatic carboxylic acids is 1. The Hall–Kier alpha value is -2.53. The summed E-state index contributed by atoms with van der Waals surface area (Å²) in [7, 11) is 1.71. The summed E-state index contributed by atoms with van der Waals surface area (Å²) >= 11 is 3.38. The first-order valence-electron chi connectivity index (χ1n) is 9.99. The van der Waals surface area contributed by atoms with Crippen LogP contribution in [0.25, 0.3) is 6.08 Å². The van der Waals surface area contributed by atoms with Crippen LogP contribution in [0.4, 0.5) is 5.69 Å². The number of amidine groups is 1. The van der Waals surface area contributed by atoms with E-state index in [1.807, 2.05) is 37.3 Å². The van der Waals surface area contributed by atoms with Crippen molar-refractivity contribution in [3.8, 4) is 11.5 Å². The van der Waals surface area contributed by atoms with Gasteiger partial charge in [0.05, 0.1) is 20.8 Å². The summed E-state index contributed by atoms with van der Waals surface area (Å²) < 4.78 is 11.7. The fraction of sp³-hybridized carbons (Fsp3) is 0.261. The second-order valence-corrected chi connectivity index (χ2v) is 8.97. The summed E-state index contributed by atoms with van der Waals surface area (Å²) in [6.45, 7) is 3.84. The molecule has 32 heavy (non-hydrogen) atoms. The Morgan fingerprint density at radius 3 is 2.69 bits per heavy atom. The number of carboxylic acids is 1. The number of benzene rings is 2. The van der Waals surface area contributed by atoms with Crippen LogP contribution in [-0.2, 0) is 16.0 Å². The highest BCUT2D eigenvalue weighted by molar-refractivity contribution is 14.1. The highest BCUT2D eigenvalue weighted by atomic mass is 127. The average molecular weight is 566 g/mol. The molecule has 0 aliphatic carbocycles. The molecule has 3 rings (SSSR count). The highest BCUT2D eigenvalue weighted by Gasteiger charge is 2.30. The molecule has 2 aromatic rings. The first-order valence-corrected chi connectivity index (χ1v) is 11.9. The Labute approximate surface area is 204 Å².